The molecule has 0 nitrogen and oxygen atoms in total. The van der Waals surface area contributed by atoms with Gasteiger partial charge in [-0.2, -0.15) is 11.6 Å². The van der Waals surface area contributed by atoms with E-state index in [1.807, 2.05) is 0 Å². The van der Waals surface area contributed by atoms with E-state index in [0.717, 1.165) is 12.8 Å². The average Bonchev–Trinajstić information content (AvgIpc) is 3.55. The molecule has 184 valence electrons. The maximum Gasteiger partial charge on any atom is 2.00 e. The fraction of sp³-hybridized carbons (Fsp3) is 0.167. The summed E-state index contributed by atoms with van der Waals surface area (Å²) in [6.45, 7) is 9.21. The van der Waals surface area contributed by atoms with Gasteiger partial charge in [-0.1, -0.05) is 111 Å². The molecule has 0 spiro atoms. The Balaban J connectivity index is 0.000000174. The van der Waals surface area contributed by atoms with Crippen molar-refractivity contribution >= 4 is 47.4 Å². The van der Waals surface area contributed by atoms with Crippen LogP contribution in [0.5, 0.6) is 0 Å². The van der Waals surface area contributed by atoms with Crippen molar-refractivity contribution in [2.75, 3.05) is 0 Å². The van der Waals surface area contributed by atoms with Gasteiger partial charge in [-0.3, -0.25) is 0 Å². The molecule has 0 unspecified atom stereocenters. The third kappa shape index (κ3) is 5.73. The van der Waals surface area contributed by atoms with Gasteiger partial charge < -0.3 is 0 Å². The quantitative estimate of drug-likeness (QED) is 0.164. The van der Waals surface area contributed by atoms with Crippen LogP contribution < -0.4 is 0 Å². The SMILES string of the molecule is CCC1=[C-]c2cccc(-c3ccccc3)c2C1=[Si](C)C.CCc1cc2c(-c3ccccc3)cccc2[cH-]1.[Mg+2]. The van der Waals surface area contributed by atoms with E-state index in [9.17, 15) is 0 Å². The number of benzene rings is 4. The Morgan fingerprint density at radius 1 is 0.684 bits per heavy atom. The van der Waals surface area contributed by atoms with E-state index in [2.05, 4.69) is 142 Å². The van der Waals surface area contributed by atoms with Gasteiger partial charge in [0.25, 0.3) is 0 Å². The van der Waals surface area contributed by atoms with Gasteiger partial charge in [0, 0.05) is 0 Å². The van der Waals surface area contributed by atoms with Crippen LogP contribution in [-0.4, -0.2) is 36.6 Å². The molecule has 0 saturated heterocycles. The largest absolute Gasteiger partial charge is 2.00 e. The van der Waals surface area contributed by atoms with Gasteiger partial charge in [0.15, 0.2) is 0 Å². The molecule has 1 aliphatic rings. The van der Waals surface area contributed by atoms with Crippen LogP contribution >= 0.6 is 0 Å². The van der Waals surface area contributed by atoms with E-state index in [4.69, 9.17) is 0 Å². The number of allylic oxidation sites excluding steroid dienone is 1. The van der Waals surface area contributed by atoms with Crippen LogP contribution in [0.4, 0.5) is 0 Å². The van der Waals surface area contributed by atoms with Crippen molar-refractivity contribution in [3.05, 3.63) is 138 Å². The van der Waals surface area contributed by atoms with E-state index >= 15 is 0 Å². The average molecular weight is 519 g/mol. The second kappa shape index (κ2) is 12.8. The Kier molecular flexibility index (Phi) is 9.43. The Morgan fingerprint density at radius 3 is 1.89 bits per heavy atom. The first-order valence-corrected chi connectivity index (χ1v) is 15.8. The van der Waals surface area contributed by atoms with E-state index < -0.39 is 8.41 Å². The van der Waals surface area contributed by atoms with Crippen molar-refractivity contribution in [2.45, 2.75) is 39.8 Å². The molecule has 5 aromatic carbocycles. The smallest absolute Gasteiger partial charge is 0.164 e. The summed E-state index contributed by atoms with van der Waals surface area (Å²) < 4.78 is 0. The summed E-state index contributed by atoms with van der Waals surface area (Å²) in [5.74, 6) is 0. The molecule has 0 heterocycles. The van der Waals surface area contributed by atoms with Crippen molar-refractivity contribution in [3.8, 4) is 22.3 Å². The molecule has 0 radical (unpaired) electrons. The summed E-state index contributed by atoms with van der Waals surface area (Å²) in [4.78, 5) is 0. The molecule has 38 heavy (non-hydrogen) atoms. The van der Waals surface area contributed by atoms with Crippen molar-refractivity contribution in [1.82, 2.24) is 0 Å². The summed E-state index contributed by atoms with van der Waals surface area (Å²) >= 11 is 0. The Hall–Kier alpha value is -2.92. The summed E-state index contributed by atoms with van der Waals surface area (Å²) in [6.07, 6.45) is 5.81. The van der Waals surface area contributed by atoms with Gasteiger partial charge in [-0.15, -0.1) is 69.0 Å². The van der Waals surface area contributed by atoms with Gasteiger partial charge in [-0.25, -0.2) is 0 Å². The van der Waals surface area contributed by atoms with Crippen LogP contribution in [0.15, 0.2) is 115 Å². The standard InChI is InChI=1S/C19H19Si.C17H15.Mg/c1-4-14-13-16-11-8-12-17(15-9-6-5-7-10-15)18(16)19(14)20(2)3;1-2-13-11-15-9-6-10-16(17(15)12-13)14-7-4-3-5-8-14;/h5-12H,4H2,1-3H3;3-12H,2H2,1H3;/q2*-1;+2. The molecular formula is C36H34MgSi. The number of rotatable bonds is 4. The zero-order valence-electron chi connectivity index (χ0n) is 23.0. The summed E-state index contributed by atoms with van der Waals surface area (Å²) in [5, 5.41) is 4.30. The molecule has 1 aliphatic carbocycles. The number of aryl methyl sites for hydroxylation is 1. The molecule has 0 aliphatic heterocycles. The number of hydrogen-bond acceptors (Lipinski definition) is 0. The third-order valence-corrected chi connectivity index (χ3v) is 8.70. The first-order valence-electron chi connectivity index (χ1n) is 13.3. The van der Waals surface area contributed by atoms with E-state index in [1.54, 1.807) is 5.17 Å². The first kappa shape index (κ1) is 28.1. The summed E-state index contributed by atoms with van der Waals surface area (Å²) in [7, 11) is -0.496. The minimum atomic E-state index is -0.496. The van der Waals surface area contributed by atoms with Gasteiger partial charge in [0.05, 0.1) is 0 Å². The molecule has 0 aromatic heterocycles. The Morgan fingerprint density at radius 2 is 1.29 bits per heavy atom. The van der Waals surface area contributed by atoms with Crippen LogP contribution in [-0.2, 0) is 6.42 Å². The fourth-order valence-corrected chi connectivity index (χ4v) is 6.96. The summed E-state index contributed by atoms with van der Waals surface area (Å²) in [6, 6.07) is 39.1. The predicted octanol–water partition coefficient (Wildman–Crippen LogP) is 9.12. The van der Waals surface area contributed by atoms with Crippen LogP contribution in [0.3, 0.4) is 0 Å². The van der Waals surface area contributed by atoms with Crippen molar-refractivity contribution in [2.24, 2.45) is 0 Å². The summed E-state index contributed by atoms with van der Waals surface area (Å²) in [5.41, 5.74) is 10.9. The molecule has 5 aromatic rings. The van der Waals surface area contributed by atoms with Gasteiger partial charge >= 0.3 is 23.1 Å². The molecule has 0 fully saturated rings. The van der Waals surface area contributed by atoms with Crippen LogP contribution in [0.1, 0.15) is 37.0 Å². The Bertz CT molecular complexity index is 1580. The van der Waals surface area contributed by atoms with Gasteiger partial charge in [0.2, 0.25) is 0 Å². The van der Waals surface area contributed by atoms with Crippen LogP contribution in [0.2, 0.25) is 13.1 Å². The zero-order valence-corrected chi connectivity index (χ0v) is 25.4. The van der Waals surface area contributed by atoms with Crippen molar-refractivity contribution in [1.29, 1.82) is 0 Å². The minimum Gasteiger partial charge on any atom is -0.164 e. The second-order valence-corrected chi connectivity index (χ2v) is 12.3. The van der Waals surface area contributed by atoms with Gasteiger partial charge in [0.1, 0.15) is 0 Å². The zero-order chi connectivity index (χ0) is 25.8. The van der Waals surface area contributed by atoms with E-state index in [-0.39, 0.29) is 23.1 Å². The van der Waals surface area contributed by atoms with E-state index in [1.165, 1.54) is 55.3 Å². The monoisotopic (exact) mass is 518 g/mol. The normalized spacial score (nSPS) is 11.8. The topological polar surface area (TPSA) is 0 Å². The predicted molar refractivity (Wildman–Crippen MR) is 170 cm³/mol. The molecule has 0 amide bonds. The molecule has 0 bridgehead atoms. The maximum absolute atomic E-state index is 3.63. The molecule has 0 saturated carbocycles. The van der Waals surface area contributed by atoms with Crippen molar-refractivity contribution in [3.63, 3.8) is 0 Å². The maximum atomic E-state index is 3.63. The molecular weight excluding hydrogens is 485 g/mol. The molecule has 2 heteroatoms. The minimum absolute atomic E-state index is 0. The molecule has 0 atom stereocenters. The van der Waals surface area contributed by atoms with Gasteiger partial charge in [-0.05, 0) is 32.4 Å². The third-order valence-electron chi connectivity index (χ3n) is 7.14. The van der Waals surface area contributed by atoms with Crippen LogP contribution in [0, 0.1) is 6.08 Å². The Labute approximate surface area is 245 Å². The number of hydrogen-bond donors (Lipinski definition) is 0. The molecule has 0 N–H and O–H groups in total. The van der Waals surface area contributed by atoms with Crippen molar-refractivity contribution < 1.29 is 0 Å². The second-order valence-electron chi connectivity index (χ2n) is 9.82. The van der Waals surface area contributed by atoms with Crippen LogP contribution in [0.25, 0.3) is 33.0 Å². The molecule has 6 rings (SSSR count). The first-order chi connectivity index (χ1) is 18.1. The van der Waals surface area contributed by atoms with E-state index in [0.29, 0.717) is 0 Å². The number of fused-ring (bicyclic) bond motifs is 2. The fourth-order valence-electron chi connectivity index (χ4n) is 5.35.